The van der Waals surface area contributed by atoms with Crippen LogP contribution in [-0.4, -0.2) is 5.90 Å². The maximum Gasteiger partial charge on any atom is 0.196 e. The number of hydrogen-bond donors (Lipinski definition) is 1. The third-order valence-electron chi connectivity index (χ3n) is 4.42. The number of aliphatic imine (C=N–C) groups is 1. The van der Waals surface area contributed by atoms with Crippen molar-refractivity contribution < 1.29 is 4.74 Å². The molecule has 1 heterocycles. The van der Waals surface area contributed by atoms with E-state index in [1.54, 1.807) is 0 Å². The first kappa shape index (κ1) is 12.6. The van der Waals surface area contributed by atoms with Crippen LogP contribution in [0, 0.1) is 0 Å². The maximum absolute atomic E-state index is 5.95. The van der Waals surface area contributed by atoms with E-state index in [1.807, 2.05) is 6.07 Å². The SMILES string of the molecule is NCc1ccc2c(c1)COC(C1CCc3ccccc31)=N2. The molecule has 1 unspecified atom stereocenters. The zero-order valence-corrected chi connectivity index (χ0v) is 11.9. The summed E-state index contributed by atoms with van der Waals surface area (Å²) < 4.78 is 5.95. The Bertz CT molecular complexity index is 721. The molecule has 0 amide bonds. The van der Waals surface area contributed by atoms with E-state index in [0.29, 0.717) is 19.1 Å². The Balaban J connectivity index is 1.70. The molecule has 1 atom stereocenters. The number of fused-ring (bicyclic) bond motifs is 2. The van der Waals surface area contributed by atoms with Crippen molar-refractivity contribution in [2.75, 3.05) is 0 Å². The standard InChI is InChI=1S/C18H18N2O/c19-10-12-5-8-17-14(9-12)11-21-18(20-17)16-7-6-13-3-1-2-4-15(13)16/h1-5,8-9,16H,6-7,10-11,19H2. The van der Waals surface area contributed by atoms with Gasteiger partial charge in [-0.05, 0) is 41.7 Å². The van der Waals surface area contributed by atoms with E-state index in [4.69, 9.17) is 15.5 Å². The highest BCUT2D eigenvalue weighted by molar-refractivity contribution is 5.88. The molecule has 0 radical (unpaired) electrons. The molecular formula is C18H18N2O. The number of nitrogens with two attached hydrogens (primary N) is 1. The van der Waals surface area contributed by atoms with Crippen molar-refractivity contribution in [3.05, 3.63) is 64.7 Å². The zero-order chi connectivity index (χ0) is 14.2. The number of rotatable bonds is 2. The third kappa shape index (κ3) is 2.14. The molecule has 0 saturated carbocycles. The Morgan fingerprint density at radius 2 is 2.05 bits per heavy atom. The Morgan fingerprint density at radius 3 is 2.95 bits per heavy atom. The van der Waals surface area contributed by atoms with Gasteiger partial charge in [-0.3, -0.25) is 0 Å². The van der Waals surface area contributed by atoms with E-state index in [0.717, 1.165) is 35.6 Å². The minimum atomic E-state index is 0.309. The molecule has 0 saturated heterocycles. The summed E-state index contributed by atoms with van der Waals surface area (Å²) in [6, 6.07) is 14.8. The van der Waals surface area contributed by atoms with E-state index in [-0.39, 0.29) is 0 Å². The van der Waals surface area contributed by atoms with Gasteiger partial charge in [0.25, 0.3) is 0 Å². The molecule has 3 heteroatoms. The van der Waals surface area contributed by atoms with Crippen LogP contribution in [0.3, 0.4) is 0 Å². The second kappa shape index (κ2) is 5.01. The molecule has 0 bridgehead atoms. The van der Waals surface area contributed by atoms with Crippen LogP contribution >= 0.6 is 0 Å². The van der Waals surface area contributed by atoms with Gasteiger partial charge in [-0.1, -0.05) is 30.3 Å². The van der Waals surface area contributed by atoms with Crippen molar-refractivity contribution in [3.8, 4) is 0 Å². The molecule has 21 heavy (non-hydrogen) atoms. The molecule has 2 aromatic carbocycles. The molecule has 0 aromatic heterocycles. The lowest BCUT2D eigenvalue weighted by atomic mass is 10.00. The first-order valence-corrected chi connectivity index (χ1v) is 7.46. The van der Waals surface area contributed by atoms with E-state index in [2.05, 4.69) is 36.4 Å². The molecule has 0 spiro atoms. The van der Waals surface area contributed by atoms with Crippen LogP contribution in [0.15, 0.2) is 47.5 Å². The molecule has 3 nitrogen and oxygen atoms in total. The summed E-state index contributed by atoms with van der Waals surface area (Å²) in [6.45, 7) is 1.15. The van der Waals surface area contributed by atoms with Gasteiger partial charge in [0.05, 0.1) is 11.6 Å². The van der Waals surface area contributed by atoms with Crippen molar-refractivity contribution in [1.82, 2.24) is 0 Å². The fourth-order valence-corrected chi connectivity index (χ4v) is 3.29. The van der Waals surface area contributed by atoms with E-state index < -0.39 is 0 Å². The van der Waals surface area contributed by atoms with E-state index in [1.165, 1.54) is 11.1 Å². The Morgan fingerprint density at radius 1 is 1.14 bits per heavy atom. The average Bonchev–Trinajstić information content (AvgIpc) is 2.98. The Labute approximate surface area is 124 Å². The van der Waals surface area contributed by atoms with E-state index in [9.17, 15) is 0 Å². The van der Waals surface area contributed by atoms with Gasteiger partial charge in [-0.15, -0.1) is 0 Å². The summed E-state index contributed by atoms with van der Waals surface area (Å²) in [5, 5.41) is 0. The molecule has 1 aliphatic carbocycles. The predicted molar refractivity (Wildman–Crippen MR) is 83.7 cm³/mol. The van der Waals surface area contributed by atoms with Gasteiger partial charge in [0.1, 0.15) is 6.61 Å². The van der Waals surface area contributed by atoms with Crippen LogP contribution in [0.1, 0.15) is 34.6 Å². The van der Waals surface area contributed by atoms with Crippen molar-refractivity contribution in [2.45, 2.75) is 31.9 Å². The highest BCUT2D eigenvalue weighted by Crippen LogP contribution is 2.37. The van der Waals surface area contributed by atoms with Crippen LogP contribution in [0.2, 0.25) is 0 Å². The van der Waals surface area contributed by atoms with Crippen LogP contribution in [0.4, 0.5) is 5.69 Å². The van der Waals surface area contributed by atoms with Crippen molar-refractivity contribution in [1.29, 1.82) is 0 Å². The van der Waals surface area contributed by atoms with Crippen LogP contribution in [0.25, 0.3) is 0 Å². The largest absolute Gasteiger partial charge is 0.475 e. The molecule has 2 N–H and O–H groups in total. The van der Waals surface area contributed by atoms with E-state index >= 15 is 0 Å². The molecule has 4 rings (SSSR count). The Kier molecular flexibility index (Phi) is 3.00. The normalized spacial score (nSPS) is 19.5. The lowest BCUT2D eigenvalue weighted by Gasteiger charge is -2.22. The highest BCUT2D eigenvalue weighted by Gasteiger charge is 2.29. The lowest BCUT2D eigenvalue weighted by molar-refractivity contribution is 0.272. The third-order valence-corrected chi connectivity index (χ3v) is 4.42. The van der Waals surface area contributed by atoms with Gasteiger partial charge in [0.2, 0.25) is 0 Å². The molecule has 2 aliphatic rings. The predicted octanol–water partition coefficient (Wildman–Crippen LogP) is 3.44. The van der Waals surface area contributed by atoms with Crippen molar-refractivity contribution in [3.63, 3.8) is 0 Å². The van der Waals surface area contributed by atoms with Crippen molar-refractivity contribution in [2.24, 2.45) is 10.7 Å². The summed E-state index contributed by atoms with van der Waals surface area (Å²) in [5.41, 5.74) is 11.8. The summed E-state index contributed by atoms with van der Waals surface area (Å²) >= 11 is 0. The smallest absolute Gasteiger partial charge is 0.196 e. The zero-order valence-electron chi connectivity index (χ0n) is 11.9. The first-order chi connectivity index (χ1) is 10.3. The monoisotopic (exact) mass is 278 g/mol. The molecule has 106 valence electrons. The molecule has 1 aliphatic heterocycles. The van der Waals surface area contributed by atoms with Crippen LogP contribution in [0.5, 0.6) is 0 Å². The minimum absolute atomic E-state index is 0.309. The van der Waals surface area contributed by atoms with Crippen molar-refractivity contribution >= 4 is 11.6 Å². The minimum Gasteiger partial charge on any atom is -0.475 e. The lowest BCUT2D eigenvalue weighted by Crippen LogP contribution is -2.17. The summed E-state index contributed by atoms with van der Waals surface area (Å²) in [4.78, 5) is 4.76. The number of hydrogen-bond acceptors (Lipinski definition) is 3. The van der Waals surface area contributed by atoms with Gasteiger partial charge < -0.3 is 10.5 Å². The number of benzene rings is 2. The summed E-state index contributed by atoms with van der Waals surface area (Å²) in [5.74, 6) is 1.18. The topological polar surface area (TPSA) is 47.6 Å². The summed E-state index contributed by atoms with van der Waals surface area (Å²) in [7, 11) is 0. The molecule has 0 fully saturated rings. The number of nitrogens with zero attached hydrogens (tertiary/aromatic N) is 1. The maximum atomic E-state index is 5.95. The van der Waals surface area contributed by atoms with Gasteiger partial charge in [0, 0.05) is 12.1 Å². The number of aryl methyl sites for hydroxylation is 1. The Hall–Kier alpha value is -2.13. The van der Waals surface area contributed by atoms with Gasteiger partial charge in [-0.25, -0.2) is 4.99 Å². The highest BCUT2D eigenvalue weighted by atomic mass is 16.5. The first-order valence-electron chi connectivity index (χ1n) is 7.46. The number of ether oxygens (including phenoxy) is 1. The molecular weight excluding hydrogens is 260 g/mol. The quantitative estimate of drug-likeness (QED) is 0.914. The summed E-state index contributed by atoms with van der Waals surface area (Å²) in [6.07, 6.45) is 2.20. The fraction of sp³-hybridized carbons (Fsp3) is 0.278. The average molecular weight is 278 g/mol. The second-order valence-corrected chi connectivity index (χ2v) is 5.70. The van der Waals surface area contributed by atoms with Crippen LogP contribution < -0.4 is 5.73 Å². The molecule has 2 aromatic rings. The van der Waals surface area contributed by atoms with Gasteiger partial charge >= 0.3 is 0 Å². The van der Waals surface area contributed by atoms with Crippen LogP contribution in [-0.2, 0) is 24.3 Å². The van der Waals surface area contributed by atoms with Gasteiger partial charge in [-0.2, -0.15) is 0 Å². The fourth-order valence-electron chi connectivity index (χ4n) is 3.29. The second-order valence-electron chi connectivity index (χ2n) is 5.70. The van der Waals surface area contributed by atoms with Gasteiger partial charge in [0.15, 0.2) is 5.90 Å².